The predicted octanol–water partition coefficient (Wildman–Crippen LogP) is 1.64. The second-order valence-electron chi connectivity index (χ2n) is 7.06. The lowest BCUT2D eigenvalue weighted by molar-refractivity contribution is -0.129. The Bertz CT molecular complexity index is 1030. The summed E-state index contributed by atoms with van der Waals surface area (Å²) in [6.07, 6.45) is 0. The summed E-state index contributed by atoms with van der Waals surface area (Å²) in [5, 5.41) is 2.54. The van der Waals surface area contributed by atoms with Crippen molar-refractivity contribution in [2.75, 3.05) is 34.8 Å². The van der Waals surface area contributed by atoms with Crippen LogP contribution in [0.1, 0.15) is 21.5 Å². The Morgan fingerprint density at radius 3 is 2.40 bits per heavy atom. The fraction of sp³-hybridized carbons (Fsp3) is 0.333. The maximum atomic E-state index is 12.5. The highest BCUT2D eigenvalue weighted by molar-refractivity contribution is 7.89. The molecule has 1 N–H and O–H groups in total. The van der Waals surface area contributed by atoms with Crippen molar-refractivity contribution < 1.29 is 22.7 Å². The van der Waals surface area contributed by atoms with Gasteiger partial charge in [-0.3, -0.25) is 9.59 Å². The summed E-state index contributed by atoms with van der Waals surface area (Å²) in [5.74, 6) is -0.132. The number of methoxy groups -OCH3 is 1. The second kappa shape index (κ2) is 9.73. The van der Waals surface area contributed by atoms with Gasteiger partial charge in [0, 0.05) is 38.8 Å². The van der Waals surface area contributed by atoms with Gasteiger partial charge in [-0.1, -0.05) is 23.8 Å². The zero-order valence-electron chi connectivity index (χ0n) is 17.8. The van der Waals surface area contributed by atoms with Crippen molar-refractivity contribution in [1.82, 2.24) is 14.5 Å². The summed E-state index contributed by atoms with van der Waals surface area (Å²) in [6.45, 7) is 2.07. The number of hydrogen-bond acceptors (Lipinski definition) is 5. The van der Waals surface area contributed by atoms with E-state index >= 15 is 0 Å². The standard InChI is InChI=1S/C21H27N3O5S/c1-15-9-10-19(29-5)17(11-15)14-24(4)20(25)13-22-21(26)16-7-6-8-18(12-16)30(27,28)23(2)3/h6-12H,13-14H2,1-5H3,(H,22,26). The van der Waals surface area contributed by atoms with Crippen LogP contribution in [-0.4, -0.2) is 64.2 Å². The molecular formula is C21H27N3O5S. The summed E-state index contributed by atoms with van der Waals surface area (Å²) in [5.41, 5.74) is 2.07. The van der Waals surface area contributed by atoms with Crippen molar-refractivity contribution >= 4 is 21.8 Å². The molecule has 0 unspecified atom stereocenters. The van der Waals surface area contributed by atoms with E-state index in [1.165, 1.54) is 43.3 Å². The minimum Gasteiger partial charge on any atom is -0.496 e. The Balaban J connectivity index is 2.03. The number of aryl methyl sites for hydroxylation is 1. The summed E-state index contributed by atoms with van der Waals surface area (Å²) < 4.78 is 30.9. The highest BCUT2D eigenvalue weighted by atomic mass is 32.2. The van der Waals surface area contributed by atoms with Crippen LogP contribution in [0.2, 0.25) is 0 Å². The van der Waals surface area contributed by atoms with Gasteiger partial charge >= 0.3 is 0 Å². The monoisotopic (exact) mass is 433 g/mol. The molecule has 0 saturated heterocycles. The van der Waals surface area contributed by atoms with Gasteiger partial charge in [0.05, 0.1) is 18.6 Å². The van der Waals surface area contributed by atoms with E-state index in [0.717, 1.165) is 15.4 Å². The number of nitrogens with zero attached hydrogens (tertiary/aromatic N) is 2. The van der Waals surface area contributed by atoms with E-state index in [1.807, 2.05) is 25.1 Å². The average molecular weight is 434 g/mol. The van der Waals surface area contributed by atoms with E-state index in [-0.39, 0.29) is 22.9 Å². The van der Waals surface area contributed by atoms with Crippen LogP contribution in [0, 0.1) is 6.92 Å². The van der Waals surface area contributed by atoms with E-state index < -0.39 is 15.9 Å². The number of sulfonamides is 1. The van der Waals surface area contributed by atoms with Crippen molar-refractivity contribution in [2.24, 2.45) is 0 Å². The summed E-state index contributed by atoms with van der Waals surface area (Å²) in [6, 6.07) is 11.4. The number of carbonyl (C=O) groups excluding carboxylic acids is 2. The summed E-state index contributed by atoms with van der Waals surface area (Å²) in [4.78, 5) is 26.4. The Morgan fingerprint density at radius 2 is 1.77 bits per heavy atom. The van der Waals surface area contributed by atoms with E-state index in [4.69, 9.17) is 4.74 Å². The molecule has 8 nitrogen and oxygen atoms in total. The number of hydrogen-bond donors (Lipinski definition) is 1. The molecule has 162 valence electrons. The highest BCUT2D eigenvalue weighted by Crippen LogP contribution is 2.21. The molecular weight excluding hydrogens is 406 g/mol. The number of ether oxygens (including phenoxy) is 1. The minimum absolute atomic E-state index is 0.00939. The van der Waals surface area contributed by atoms with Crippen molar-refractivity contribution in [3.8, 4) is 5.75 Å². The maximum absolute atomic E-state index is 12.5. The Hall–Kier alpha value is -2.91. The number of amides is 2. The number of carbonyl (C=O) groups is 2. The quantitative estimate of drug-likeness (QED) is 0.683. The molecule has 0 bridgehead atoms. The molecule has 0 spiro atoms. The third-order valence-electron chi connectivity index (χ3n) is 4.54. The molecule has 2 aromatic rings. The zero-order valence-corrected chi connectivity index (χ0v) is 18.6. The molecule has 2 rings (SSSR count). The molecule has 0 radical (unpaired) electrons. The largest absolute Gasteiger partial charge is 0.496 e. The lowest BCUT2D eigenvalue weighted by atomic mass is 10.1. The van der Waals surface area contributed by atoms with Gasteiger partial charge in [-0.2, -0.15) is 0 Å². The van der Waals surface area contributed by atoms with Crippen molar-refractivity contribution in [2.45, 2.75) is 18.4 Å². The topological polar surface area (TPSA) is 96.0 Å². The van der Waals surface area contributed by atoms with Crippen LogP contribution < -0.4 is 10.1 Å². The normalized spacial score (nSPS) is 11.3. The van der Waals surface area contributed by atoms with Crippen LogP contribution in [0.4, 0.5) is 0 Å². The Kier molecular flexibility index (Phi) is 7.58. The molecule has 0 saturated carbocycles. The second-order valence-corrected chi connectivity index (χ2v) is 9.21. The molecule has 0 aromatic heterocycles. The average Bonchev–Trinajstić information content (AvgIpc) is 2.71. The molecule has 0 aliphatic rings. The molecule has 30 heavy (non-hydrogen) atoms. The SMILES string of the molecule is COc1ccc(C)cc1CN(C)C(=O)CNC(=O)c1cccc(S(=O)(=O)N(C)C)c1. The van der Waals surface area contributed by atoms with Gasteiger partial charge in [-0.15, -0.1) is 0 Å². The van der Waals surface area contributed by atoms with E-state index in [2.05, 4.69) is 5.32 Å². The molecule has 2 amide bonds. The molecule has 0 heterocycles. The van der Waals surface area contributed by atoms with Crippen molar-refractivity contribution in [1.29, 1.82) is 0 Å². The predicted molar refractivity (Wildman–Crippen MR) is 114 cm³/mol. The maximum Gasteiger partial charge on any atom is 0.251 e. The Morgan fingerprint density at radius 1 is 1.07 bits per heavy atom. The van der Waals surface area contributed by atoms with Gasteiger partial charge in [0.25, 0.3) is 5.91 Å². The van der Waals surface area contributed by atoms with Crippen LogP contribution in [0.25, 0.3) is 0 Å². The van der Waals surface area contributed by atoms with E-state index in [1.54, 1.807) is 14.2 Å². The van der Waals surface area contributed by atoms with Crippen LogP contribution >= 0.6 is 0 Å². The Labute approximate surface area is 177 Å². The lowest BCUT2D eigenvalue weighted by Crippen LogP contribution is -2.38. The fourth-order valence-corrected chi connectivity index (χ4v) is 3.72. The molecule has 0 aliphatic heterocycles. The number of nitrogens with one attached hydrogen (secondary N) is 1. The third kappa shape index (κ3) is 5.58. The van der Waals surface area contributed by atoms with Gasteiger partial charge in [-0.05, 0) is 31.2 Å². The van der Waals surface area contributed by atoms with E-state index in [9.17, 15) is 18.0 Å². The van der Waals surface area contributed by atoms with Crippen LogP contribution in [0.3, 0.4) is 0 Å². The summed E-state index contributed by atoms with van der Waals surface area (Å²) >= 11 is 0. The number of likely N-dealkylation sites (N-methyl/N-ethyl adjacent to an activating group) is 1. The first-order valence-corrected chi connectivity index (χ1v) is 10.7. The molecule has 0 atom stereocenters. The highest BCUT2D eigenvalue weighted by Gasteiger charge is 2.19. The number of rotatable bonds is 8. The smallest absolute Gasteiger partial charge is 0.251 e. The van der Waals surface area contributed by atoms with Gasteiger partial charge in [-0.25, -0.2) is 12.7 Å². The van der Waals surface area contributed by atoms with Gasteiger partial charge in [0.2, 0.25) is 15.9 Å². The first-order valence-electron chi connectivity index (χ1n) is 9.24. The fourth-order valence-electron chi connectivity index (χ4n) is 2.78. The van der Waals surface area contributed by atoms with E-state index in [0.29, 0.717) is 12.3 Å². The lowest BCUT2D eigenvalue weighted by Gasteiger charge is -2.19. The van der Waals surface area contributed by atoms with Crippen molar-refractivity contribution in [3.05, 3.63) is 59.2 Å². The summed E-state index contributed by atoms with van der Waals surface area (Å²) in [7, 11) is 2.39. The van der Waals surface area contributed by atoms with Crippen LogP contribution in [0.15, 0.2) is 47.4 Å². The van der Waals surface area contributed by atoms with Crippen LogP contribution in [0.5, 0.6) is 5.75 Å². The molecule has 0 fully saturated rings. The molecule has 9 heteroatoms. The van der Waals surface area contributed by atoms with Gasteiger partial charge in [0.1, 0.15) is 5.75 Å². The van der Waals surface area contributed by atoms with Crippen LogP contribution in [-0.2, 0) is 21.4 Å². The van der Waals surface area contributed by atoms with Crippen molar-refractivity contribution in [3.63, 3.8) is 0 Å². The molecule has 2 aromatic carbocycles. The zero-order chi connectivity index (χ0) is 22.5. The molecule has 0 aliphatic carbocycles. The first-order chi connectivity index (χ1) is 14.1. The van der Waals surface area contributed by atoms with Gasteiger partial charge < -0.3 is 15.0 Å². The minimum atomic E-state index is -3.66. The van der Waals surface area contributed by atoms with Gasteiger partial charge in [0.15, 0.2) is 0 Å². The first kappa shape index (κ1) is 23.4. The number of benzene rings is 2. The third-order valence-corrected chi connectivity index (χ3v) is 6.36.